The fourth-order valence-corrected chi connectivity index (χ4v) is 5.94. The quantitative estimate of drug-likeness (QED) is 0.686. The molecule has 1 aromatic rings. The molecular weight excluding hydrogens is 400 g/mol. The van der Waals surface area contributed by atoms with Crippen LogP contribution in [-0.4, -0.2) is 57.6 Å². The highest BCUT2D eigenvalue weighted by atomic mass is 16.5. The van der Waals surface area contributed by atoms with Gasteiger partial charge in [-0.25, -0.2) is 0 Å². The lowest BCUT2D eigenvalue weighted by molar-refractivity contribution is -0.142. The smallest absolute Gasteiger partial charge is 0.246 e. The molecule has 5 atom stereocenters. The maximum Gasteiger partial charge on any atom is 0.246 e. The van der Waals surface area contributed by atoms with E-state index in [4.69, 9.17) is 9.26 Å². The second-order valence-electron chi connectivity index (χ2n) is 9.48. The maximum absolute atomic E-state index is 13.6. The van der Waals surface area contributed by atoms with Crippen LogP contribution < -0.4 is 10.6 Å². The molecule has 3 amide bonds. The van der Waals surface area contributed by atoms with Gasteiger partial charge in [0.1, 0.15) is 17.4 Å². The Labute approximate surface area is 179 Å². The molecule has 9 nitrogen and oxygen atoms in total. The lowest BCUT2D eigenvalue weighted by Gasteiger charge is -2.33. The van der Waals surface area contributed by atoms with Gasteiger partial charge in [0, 0.05) is 18.2 Å². The van der Waals surface area contributed by atoms with Crippen LogP contribution >= 0.6 is 0 Å². The number of anilines is 1. The number of carbonyl (C=O) groups excluding carboxylic acids is 3. The number of fused-ring (bicyclic) bond motifs is 1. The van der Waals surface area contributed by atoms with Crippen molar-refractivity contribution < 1.29 is 23.6 Å². The third-order valence-corrected chi connectivity index (χ3v) is 7.38. The van der Waals surface area contributed by atoms with Gasteiger partial charge in [-0.15, -0.1) is 0 Å². The minimum absolute atomic E-state index is 0.0461. The number of carbonyl (C=O) groups is 3. The van der Waals surface area contributed by atoms with E-state index in [0.29, 0.717) is 11.6 Å². The van der Waals surface area contributed by atoms with E-state index in [1.807, 2.05) is 12.2 Å². The van der Waals surface area contributed by atoms with Gasteiger partial charge >= 0.3 is 0 Å². The highest BCUT2D eigenvalue weighted by molar-refractivity contribution is 6.02. The summed E-state index contributed by atoms with van der Waals surface area (Å²) < 4.78 is 11.3. The topological polar surface area (TPSA) is 114 Å². The molecule has 2 saturated carbocycles. The number of rotatable bonds is 5. The molecule has 164 valence electrons. The van der Waals surface area contributed by atoms with Crippen molar-refractivity contribution in [1.82, 2.24) is 15.4 Å². The lowest BCUT2D eigenvalue weighted by atomic mass is 9.74. The monoisotopic (exact) mass is 426 g/mol. The Bertz CT molecular complexity index is 978. The van der Waals surface area contributed by atoms with E-state index in [-0.39, 0.29) is 29.8 Å². The van der Waals surface area contributed by atoms with E-state index in [2.05, 4.69) is 15.8 Å². The van der Waals surface area contributed by atoms with Crippen LogP contribution in [0.4, 0.5) is 5.82 Å². The van der Waals surface area contributed by atoms with Gasteiger partial charge in [-0.2, -0.15) is 0 Å². The van der Waals surface area contributed by atoms with Crippen molar-refractivity contribution in [3.8, 4) is 0 Å². The standard InChI is InChI=1S/C22H26N4O5/c1-11-10-15(25-31-11)24-19(27)16-14-8-9-22(30-14)17(16)21(29)26(13-6-7-13)18(22)20(28)23-12-4-2-3-5-12/h8-10,12-14,16-18H,2-7H2,1H3,(H,23,28)(H,24,25,27). The Morgan fingerprint density at radius 1 is 1.19 bits per heavy atom. The molecule has 31 heavy (non-hydrogen) atoms. The molecule has 3 aliphatic heterocycles. The highest BCUT2D eigenvalue weighted by Gasteiger charge is 2.74. The molecular formula is C22H26N4O5. The first-order chi connectivity index (χ1) is 15.0. The molecule has 0 radical (unpaired) electrons. The number of ether oxygens (including phenoxy) is 1. The molecule has 0 aromatic carbocycles. The summed E-state index contributed by atoms with van der Waals surface area (Å²) in [5.74, 6) is -1.18. The maximum atomic E-state index is 13.6. The van der Waals surface area contributed by atoms with E-state index < -0.39 is 29.6 Å². The van der Waals surface area contributed by atoms with Gasteiger partial charge in [0.15, 0.2) is 5.82 Å². The van der Waals surface area contributed by atoms with E-state index in [0.717, 1.165) is 38.5 Å². The van der Waals surface area contributed by atoms with Gasteiger partial charge in [0.05, 0.1) is 17.9 Å². The second kappa shape index (κ2) is 6.66. The Morgan fingerprint density at radius 3 is 2.65 bits per heavy atom. The second-order valence-corrected chi connectivity index (χ2v) is 9.48. The van der Waals surface area contributed by atoms with Gasteiger partial charge < -0.3 is 24.8 Å². The molecule has 9 heteroatoms. The van der Waals surface area contributed by atoms with Crippen molar-refractivity contribution >= 4 is 23.5 Å². The van der Waals surface area contributed by atoms with Crippen LogP contribution in [0, 0.1) is 18.8 Å². The molecule has 5 aliphatic rings. The number of hydrogen-bond acceptors (Lipinski definition) is 6. The molecule has 1 aromatic heterocycles. The van der Waals surface area contributed by atoms with E-state index in [9.17, 15) is 14.4 Å². The van der Waals surface area contributed by atoms with Crippen LogP contribution in [0.5, 0.6) is 0 Å². The van der Waals surface area contributed by atoms with Gasteiger partial charge in [-0.3, -0.25) is 14.4 Å². The first kappa shape index (κ1) is 19.0. The Kier molecular flexibility index (Phi) is 4.09. The largest absolute Gasteiger partial charge is 0.360 e. The van der Waals surface area contributed by atoms with Crippen molar-refractivity contribution in [3.63, 3.8) is 0 Å². The zero-order valence-electron chi connectivity index (χ0n) is 17.4. The summed E-state index contributed by atoms with van der Waals surface area (Å²) in [7, 11) is 0. The van der Waals surface area contributed by atoms with Gasteiger partial charge in [-0.05, 0) is 32.6 Å². The molecule has 1 spiro atoms. The number of likely N-dealkylation sites (tertiary alicyclic amines) is 1. The predicted molar refractivity (Wildman–Crippen MR) is 108 cm³/mol. The number of aryl methyl sites for hydroxylation is 1. The van der Waals surface area contributed by atoms with Gasteiger partial charge in [0.25, 0.3) is 0 Å². The van der Waals surface area contributed by atoms with Gasteiger partial charge in [-0.1, -0.05) is 30.2 Å². The Balaban J connectivity index is 1.31. The summed E-state index contributed by atoms with van der Waals surface area (Å²) in [6.07, 6.45) is 9.05. The van der Waals surface area contributed by atoms with Crippen LogP contribution in [-0.2, 0) is 19.1 Å². The summed E-state index contributed by atoms with van der Waals surface area (Å²) in [4.78, 5) is 41.9. The van der Waals surface area contributed by atoms with Gasteiger partial charge in [0.2, 0.25) is 17.7 Å². The molecule has 6 rings (SSSR count). The number of nitrogens with zero attached hydrogens (tertiary/aromatic N) is 2. The minimum Gasteiger partial charge on any atom is -0.360 e. The average Bonchev–Trinajstić information content (AvgIpc) is 3.14. The average molecular weight is 426 g/mol. The highest BCUT2D eigenvalue weighted by Crippen LogP contribution is 2.57. The summed E-state index contributed by atoms with van der Waals surface area (Å²) in [6, 6.07) is 1.09. The van der Waals surface area contributed by atoms with E-state index in [1.54, 1.807) is 17.9 Å². The molecule has 5 unspecified atom stereocenters. The van der Waals surface area contributed by atoms with Crippen molar-refractivity contribution in [3.05, 3.63) is 24.0 Å². The van der Waals surface area contributed by atoms with Crippen LogP contribution in [0.3, 0.4) is 0 Å². The van der Waals surface area contributed by atoms with Crippen molar-refractivity contribution in [1.29, 1.82) is 0 Å². The molecule has 4 heterocycles. The number of aromatic nitrogens is 1. The Hall–Kier alpha value is -2.68. The Morgan fingerprint density at radius 2 is 1.97 bits per heavy atom. The third kappa shape index (κ3) is 2.78. The number of amides is 3. The summed E-state index contributed by atoms with van der Waals surface area (Å²) in [5.41, 5.74) is -1.09. The summed E-state index contributed by atoms with van der Waals surface area (Å²) in [5, 5.41) is 9.73. The number of hydrogen-bond donors (Lipinski definition) is 2. The molecule has 2 bridgehead atoms. The fraction of sp³-hybridized carbons (Fsp3) is 0.636. The third-order valence-electron chi connectivity index (χ3n) is 7.38. The first-order valence-corrected chi connectivity index (χ1v) is 11.2. The van der Waals surface area contributed by atoms with Crippen molar-refractivity contribution in [2.45, 2.75) is 75.3 Å². The van der Waals surface area contributed by atoms with Crippen LogP contribution in [0.1, 0.15) is 44.3 Å². The fourth-order valence-electron chi connectivity index (χ4n) is 5.94. The summed E-state index contributed by atoms with van der Waals surface area (Å²) >= 11 is 0. The minimum atomic E-state index is -1.09. The normalized spacial score (nSPS) is 36.3. The molecule has 2 aliphatic carbocycles. The van der Waals surface area contributed by atoms with Crippen LogP contribution in [0.25, 0.3) is 0 Å². The molecule has 2 N–H and O–H groups in total. The molecule has 2 saturated heterocycles. The zero-order chi connectivity index (χ0) is 21.3. The zero-order valence-corrected chi connectivity index (χ0v) is 17.4. The van der Waals surface area contributed by atoms with E-state index >= 15 is 0 Å². The predicted octanol–water partition coefficient (Wildman–Crippen LogP) is 1.29. The van der Waals surface area contributed by atoms with E-state index in [1.165, 1.54) is 0 Å². The SMILES string of the molecule is Cc1cc(NC(=O)C2C3C=CC4(O3)C2C(=O)N(C2CC2)C4C(=O)NC2CCCC2)no1. The first-order valence-electron chi connectivity index (χ1n) is 11.2. The molecule has 4 fully saturated rings. The lowest BCUT2D eigenvalue weighted by Crippen LogP contribution is -2.56. The van der Waals surface area contributed by atoms with Crippen LogP contribution in [0.15, 0.2) is 22.7 Å². The number of nitrogens with one attached hydrogen (secondary N) is 2. The van der Waals surface area contributed by atoms with Crippen molar-refractivity contribution in [2.75, 3.05) is 5.32 Å². The van der Waals surface area contributed by atoms with Crippen molar-refractivity contribution in [2.24, 2.45) is 11.8 Å². The summed E-state index contributed by atoms with van der Waals surface area (Å²) in [6.45, 7) is 1.74. The van der Waals surface area contributed by atoms with Crippen LogP contribution in [0.2, 0.25) is 0 Å².